The highest BCUT2D eigenvalue weighted by Gasteiger charge is 2.60. The summed E-state index contributed by atoms with van der Waals surface area (Å²) in [5.74, 6) is -2.93. The van der Waals surface area contributed by atoms with Gasteiger partial charge >= 0.3 is 23.9 Å². The molecule has 0 spiro atoms. The van der Waals surface area contributed by atoms with Crippen molar-refractivity contribution in [2.24, 2.45) is 0 Å². The van der Waals surface area contributed by atoms with Crippen LogP contribution in [0.1, 0.15) is 88.5 Å². The zero-order valence-electron chi connectivity index (χ0n) is 58.2. The van der Waals surface area contributed by atoms with E-state index in [2.05, 4.69) is 90.1 Å². The molecule has 9 aromatic carbocycles. The summed E-state index contributed by atoms with van der Waals surface area (Å²) in [6, 6.07) is 83.7. The first-order valence-electron chi connectivity index (χ1n) is 34.4. The largest absolute Gasteiger partial charge is 0.452 e. The van der Waals surface area contributed by atoms with Crippen LogP contribution < -0.4 is 20.7 Å². The molecule has 102 heavy (non-hydrogen) atoms. The number of carbonyl (C=O) groups is 4. The van der Waals surface area contributed by atoms with Crippen LogP contribution in [0.2, 0.25) is 10.1 Å². The predicted octanol–water partition coefficient (Wildman–Crippen LogP) is 11.9. The lowest BCUT2D eigenvalue weighted by Gasteiger charge is -2.43. The molecule has 0 unspecified atom stereocenters. The summed E-state index contributed by atoms with van der Waals surface area (Å²) in [6.07, 6.45) is -15.6. The number of rotatable bonds is 27. The Bertz CT molecular complexity index is 4060. The van der Waals surface area contributed by atoms with Crippen LogP contribution in [0.5, 0.6) is 0 Å². The Morgan fingerprint density at radius 2 is 0.608 bits per heavy atom. The van der Waals surface area contributed by atoms with Crippen molar-refractivity contribution in [3.8, 4) is 0 Å². The molecule has 0 N–H and O–H groups in total. The van der Waals surface area contributed by atoms with Crippen LogP contribution in [0, 0.1) is 0 Å². The second-order valence-electron chi connectivity index (χ2n) is 27.5. The fourth-order valence-electron chi connectivity index (χ4n) is 13.9. The van der Waals surface area contributed by atoms with Crippen LogP contribution in [-0.4, -0.2) is 141 Å². The van der Waals surface area contributed by atoms with Gasteiger partial charge in [-0.1, -0.05) is 266 Å². The second-order valence-corrected chi connectivity index (χ2v) is 36.1. The molecule has 17 nitrogen and oxygen atoms in total. The smallest absolute Gasteiger partial charge is 0.338 e. The van der Waals surface area contributed by atoms with E-state index in [4.69, 9.17) is 61.0 Å². The molecule has 9 aromatic rings. The van der Waals surface area contributed by atoms with Gasteiger partial charge in [-0.25, -0.2) is 19.2 Å². The molecule has 19 heteroatoms. The topological polar surface area (TPSA) is 188 Å². The van der Waals surface area contributed by atoms with Crippen molar-refractivity contribution in [1.29, 1.82) is 0 Å². The Labute approximate surface area is 598 Å². The third kappa shape index (κ3) is 16.2. The lowest BCUT2D eigenvalue weighted by molar-refractivity contribution is -0.229. The molecule has 528 valence electrons. The third-order valence-corrected chi connectivity index (χ3v) is 28.8. The van der Waals surface area contributed by atoms with Crippen molar-refractivity contribution in [2.75, 3.05) is 26.9 Å². The van der Waals surface area contributed by atoms with E-state index < -0.39 is 131 Å². The van der Waals surface area contributed by atoms with E-state index in [1.165, 1.54) is 7.11 Å². The minimum absolute atomic E-state index is 0.0527. The van der Waals surface area contributed by atoms with Crippen LogP contribution in [0.25, 0.3) is 0 Å². The van der Waals surface area contributed by atoms with Gasteiger partial charge < -0.3 is 61.0 Å². The lowest BCUT2D eigenvalue weighted by atomic mass is 10.1. The van der Waals surface area contributed by atoms with Crippen molar-refractivity contribution in [3.05, 3.63) is 301 Å². The van der Waals surface area contributed by atoms with Gasteiger partial charge in [0.1, 0.15) is 30.5 Å². The highest BCUT2D eigenvalue weighted by molar-refractivity contribution is 7.00. The van der Waals surface area contributed by atoms with Gasteiger partial charge in [0, 0.05) is 7.11 Å². The van der Waals surface area contributed by atoms with Crippen molar-refractivity contribution in [1.82, 2.24) is 0 Å². The first-order valence-corrected chi connectivity index (χ1v) is 38.2. The molecule has 3 fully saturated rings. The van der Waals surface area contributed by atoms with Crippen molar-refractivity contribution >= 4 is 61.3 Å². The minimum atomic E-state index is -3.36. The van der Waals surface area contributed by atoms with E-state index in [-0.39, 0.29) is 42.1 Å². The summed E-state index contributed by atoms with van der Waals surface area (Å²) in [4.78, 5) is 58.7. The summed E-state index contributed by atoms with van der Waals surface area (Å²) < 4.78 is 89.6. The quantitative estimate of drug-likeness (QED) is 0.0268. The summed E-state index contributed by atoms with van der Waals surface area (Å²) >= 11 is 0. The number of hydrogen-bond acceptors (Lipinski definition) is 17. The Hall–Kier alpha value is -9.07. The van der Waals surface area contributed by atoms with Crippen LogP contribution in [0.4, 0.5) is 0 Å². The van der Waals surface area contributed by atoms with Crippen LogP contribution in [0.3, 0.4) is 0 Å². The molecule has 3 heterocycles. The molecular weight excluding hydrogens is 1330 g/mol. The minimum Gasteiger partial charge on any atom is -0.452 e. The Balaban J connectivity index is 0.936. The van der Waals surface area contributed by atoms with E-state index in [9.17, 15) is 19.2 Å². The zero-order chi connectivity index (χ0) is 71.3. The first-order chi connectivity index (χ1) is 49.4. The molecule has 3 aliphatic heterocycles. The number of ether oxygens (including phenoxy) is 11. The number of methoxy groups -OCH3 is 1. The maximum atomic E-state index is 14.8. The van der Waals surface area contributed by atoms with Crippen molar-refractivity contribution in [3.63, 3.8) is 0 Å². The van der Waals surface area contributed by atoms with Crippen LogP contribution in [0.15, 0.2) is 273 Å². The summed E-state index contributed by atoms with van der Waals surface area (Å²) in [5, 5.41) is 2.94. The van der Waals surface area contributed by atoms with Gasteiger partial charge in [0.25, 0.3) is 16.6 Å². The lowest BCUT2D eigenvalue weighted by Crippen LogP contribution is -2.67. The normalized spacial score (nSPS) is 22.9. The van der Waals surface area contributed by atoms with Gasteiger partial charge in [-0.05, 0) is 84.9 Å². The van der Waals surface area contributed by atoms with E-state index >= 15 is 0 Å². The highest BCUT2D eigenvalue weighted by atomic mass is 28.4. The predicted molar refractivity (Wildman–Crippen MR) is 389 cm³/mol. The molecule has 0 saturated carbocycles. The average Bonchev–Trinajstić information content (AvgIpc) is 0.926. The SMILES string of the molecule is CO[C@H]1O[C@H](CO[C@H]2O[C@H](CO[Si](c3ccccc3)(c3ccccc3)C(C)(C)C)[C@@H](OC(=O)c3ccccc3)[C@@H]2OC(=O)c2ccccc2)[C@@H](O[C@H]2O[C@H](CO[Si](c3ccccc3)(c3ccccc3)C(C)(C)C)[C@@H](OC(=O)c3ccccc3)[C@@H]2OC(=O)c2ccccc2)[C@@H]1OCc1ccccc1. The highest BCUT2D eigenvalue weighted by Crippen LogP contribution is 2.42. The van der Waals surface area contributed by atoms with E-state index in [1.54, 1.807) is 121 Å². The van der Waals surface area contributed by atoms with E-state index in [1.807, 2.05) is 103 Å². The fraction of sp³-hybridized carbons (Fsp3) is 0.301. The van der Waals surface area contributed by atoms with Crippen LogP contribution >= 0.6 is 0 Å². The van der Waals surface area contributed by atoms with Gasteiger partial charge in [0.15, 0.2) is 43.3 Å². The van der Waals surface area contributed by atoms with Gasteiger partial charge in [0.05, 0.1) is 48.7 Å². The Morgan fingerprint density at radius 1 is 0.324 bits per heavy atom. The van der Waals surface area contributed by atoms with Gasteiger partial charge in [-0.2, -0.15) is 0 Å². The Kier molecular flexibility index (Phi) is 23.5. The Morgan fingerprint density at radius 3 is 0.941 bits per heavy atom. The number of benzene rings is 9. The van der Waals surface area contributed by atoms with Gasteiger partial charge in [-0.15, -0.1) is 0 Å². The number of carbonyl (C=O) groups excluding carboxylic acids is 4. The third-order valence-electron chi connectivity index (χ3n) is 18.8. The number of hydrogen-bond donors (Lipinski definition) is 0. The molecule has 0 aromatic heterocycles. The number of esters is 4. The molecule has 0 amide bonds. The van der Waals surface area contributed by atoms with Gasteiger partial charge in [0.2, 0.25) is 0 Å². The summed E-state index contributed by atoms with van der Waals surface area (Å²) in [7, 11) is -5.23. The van der Waals surface area contributed by atoms with E-state index in [0.29, 0.717) is 0 Å². The fourth-order valence-corrected chi connectivity index (χ4v) is 23.0. The average molecular weight is 1410 g/mol. The maximum absolute atomic E-state index is 14.8. The molecular formula is C83H86O17Si2. The molecule has 3 aliphatic rings. The summed E-state index contributed by atoms with van der Waals surface area (Å²) in [5.41, 5.74) is 1.71. The van der Waals surface area contributed by atoms with Gasteiger partial charge in [-0.3, -0.25) is 0 Å². The van der Waals surface area contributed by atoms with E-state index in [0.717, 1.165) is 26.3 Å². The molecule has 0 bridgehead atoms. The zero-order valence-corrected chi connectivity index (χ0v) is 60.2. The maximum Gasteiger partial charge on any atom is 0.338 e. The van der Waals surface area contributed by atoms with Crippen molar-refractivity contribution in [2.45, 2.75) is 132 Å². The standard InChI is InChI=1S/C83H86O17Si2/c1-82(2,3)101(62-45-27-13-28-46-62,63-47-29-14-30-48-63)91-55-67-70(96-75(84)58-37-19-9-20-38-58)73(98-77(86)60-41-23-11-24-42-60)80(94-67)90-54-66-69(72(79(88-7)93-66)89-53-57-35-17-8-18-36-57)100-81-74(99-78(87)61-43-25-12-26-44-61)71(97-76(85)59-39-21-10-22-40-59)68(95-81)56-92-102(83(4,5)6,64-49-31-15-32-50-64)65-51-33-16-34-52-65/h8-52,66-74,79-81H,53-56H2,1-7H3/t66-,67-,68-,69-,70-,71-,72+,73+,74+,79+,80+,81-/m1/s1. The molecule has 3 saturated heterocycles. The molecule has 0 aliphatic carbocycles. The monoisotopic (exact) mass is 1410 g/mol. The molecule has 12 rings (SSSR count). The molecule has 12 atom stereocenters. The second kappa shape index (κ2) is 32.9. The van der Waals surface area contributed by atoms with Crippen molar-refractivity contribution < 1.29 is 80.1 Å². The summed E-state index contributed by atoms with van der Waals surface area (Å²) in [6.45, 7) is 12.2. The first kappa shape index (κ1) is 72.7. The van der Waals surface area contributed by atoms with Crippen LogP contribution in [-0.2, 0) is 67.6 Å². The molecule has 0 radical (unpaired) electrons.